The molecule has 1 saturated carbocycles. The molecule has 2 aromatic rings. The van der Waals surface area contributed by atoms with Gasteiger partial charge in [-0.25, -0.2) is 9.78 Å². The van der Waals surface area contributed by atoms with E-state index in [0.29, 0.717) is 23.8 Å². The van der Waals surface area contributed by atoms with Crippen LogP contribution in [0.4, 0.5) is 5.69 Å². The Morgan fingerprint density at radius 3 is 2.95 bits per heavy atom. The molecular formula is C15H16N4O2. The fourth-order valence-electron chi connectivity index (χ4n) is 2.54. The molecular weight excluding hydrogens is 268 g/mol. The maximum absolute atomic E-state index is 11.5. The first-order chi connectivity index (χ1) is 10.1. The van der Waals surface area contributed by atoms with Gasteiger partial charge in [-0.3, -0.25) is 4.68 Å². The van der Waals surface area contributed by atoms with Crippen LogP contribution in [0.2, 0.25) is 0 Å². The number of aromatic nitrogens is 3. The van der Waals surface area contributed by atoms with Gasteiger partial charge in [0.2, 0.25) is 0 Å². The average molecular weight is 284 g/mol. The minimum Gasteiger partial charge on any atom is -0.478 e. The van der Waals surface area contributed by atoms with Crippen LogP contribution in [0.15, 0.2) is 12.4 Å². The van der Waals surface area contributed by atoms with Crippen molar-refractivity contribution in [2.24, 2.45) is 13.0 Å². The van der Waals surface area contributed by atoms with E-state index in [-0.39, 0.29) is 5.56 Å². The van der Waals surface area contributed by atoms with Crippen LogP contribution >= 0.6 is 0 Å². The third-order valence-corrected chi connectivity index (χ3v) is 3.74. The second-order valence-electron chi connectivity index (χ2n) is 5.36. The summed E-state index contributed by atoms with van der Waals surface area (Å²) in [4.78, 5) is 17.7. The minimum absolute atomic E-state index is 0.173. The molecule has 6 nitrogen and oxygen atoms in total. The van der Waals surface area contributed by atoms with Gasteiger partial charge in [0.25, 0.3) is 0 Å². The van der Waals surface area contributed by atoms with Crippen LogP contribution in [0.5, 0.6) is 0 Å². The zero-order valence-corrected chi connectivity index (χ0v) is 11.8. The number of rotatable bonds is 5. The fraction of sp³-hybridized carbons (Fsp3) is 0.400. The molecule has 1 aliphatic carbocycles. The van der Waals surface area contributed by atoms with E-state index in [0.717, 1.165) is 11.9 Å². The SMILES string of the molecule is C#CCN(CC1CC1)c1c(C(=O)O)cnc2c1cnn2C. The fourth-order valence-corrected chi connectivity index (χ4v) is 2.54. The Hall–Kier alpha value is -2.55. The second kappa shape index (κ2) is 5.09. The molecule has 108 valence electrons. The molecule has 0 bridgehead atoms. The van der Waals surface area contributed by atoms with E-state index >= 15 is 0 Å². The van der Waals surface area contributed by atoms with Gasteiger partial charge < -0.3 is 10.0 Å². The van der Waals surface area contributed by atoms with Gasteiger partial charge in [-0.05, 0) is 18.8 Å². The van der Waals surface area contributed by atoms with Crippen molar-refractivity contribution in [1.29, 1.82) is 0 Å². The van der Waals surface area contributed by atoms with Crippen molar-refractivity contribution >= 4 is 22.7 Å². The molecule has 0 spiro atoms. The second-order valence-corrected chi connectivity index (χ2v) is 5.36. The van der Waals surface area contributed by atoms with Gasteiger partial charge in [-0.15, -0.1) is 6.42 Å². The smallest absolute Gasteiger partial charge is 0.339 e. The highest BCUT2D eigenvalue weighted by Gasteiger charge is 2.28. The molecule has 3 rings (SSSR count). The third-order valence-electron chi connectivity index (χ3n) is 3.74. The number of anilines is 1. The highest BCUT2D eigenvalue weighted by atomic mass is 16.4. The quantitative estimate of drug-likeness (QED) is 0.843. The summed E-state index contributed by atoms with van der Waals surface area (Å²) < 4.78 is 1.63. The van der Waals surface area contributed by atoms with Crippen LogP contribution in [-0.2, 0) is 7.05 Å². The summed E-state index contributed by atoms with van der Waals surface area (Å²) in [6, 6.07) is 0. The summed E-state index contributed by atoms with van der Waals surface area (Å²) in [7, 11) is 1.78. The normalized spacial score (nSPS) is 14.1. The van der Waals surface area contributed by atoms with E-state index in [1.54, 1.807) is 17.9 Å². The Balaban J connectivity index is 2.17. The Labute approximate surface area is 122 Å². The first kappa shape index (κ1) is 13.4. The lowest BCUT2D eigenvalue weighted by Gasteiger charge is -2.24. The molecule has 2 aromatic heterocycles. The molecule has 0 unspecified atom stereocenters. The lowest BCUT2D eigenvalue weighted by atomic mass is 10.1. The van der Waals surface area contributed by atoms with Crippen molar-refractivity contribution in [2.45, 2.75) is 12.8 Å². The molecule has 21 heavy (non-hydrogen) atoms. The summed E-state index contributed by atoms with van der Waals surface area (Å²) in [5.41, 5.74) is 1.46. The van der Waals surface area contributed by atoms with E-state index in [1.807, 2.05) is 4.90 Å². The molecule has 1 fully saturated rings. The molecule has 1 N–H and O–H groups in total. The predicted molar refractivity (Wildman–Crippen MR) is 79.2 cm³/mol. The van der Waals surface area contributed by atoms with Crippen LogP contribution in [-0.4, -0.2) is 38.9 Å². The van der Waals surface area contributed by atoms with Crippen LogP contribution in [0.25, 0.3) is 11.0 Å². The van der Waals surface area contributed by atoms with E-state index < -0.39 is 5.97 Å². The van der Waals surface area contributed by atoms with Crippen molar-refractivity contribution in [2.75, 3.05) is 18.0 Å². The maximum atomic E-state index is 11.5. The summed E-state index contributed by atoms with van der Waals surface area (Å²) in [5, 5.41) is 14.4. The average Bonchev–Trinajstić information content (AvgIpc) is 3.20. The van der Waals surface area contributed by atoms with Crippen LogP contribution in [0.3, 0.4) is 0 Å². The molecule has 6 heteroatoms. The number of carboxylic acid groups (broad SMARTS) is 1. The molecule has 0 aromatic carbocycles. The lowest BCUT2D eigenvalue weighted by molar-refractivity contribution is 0.0697. The summed E-state index contributed by atoms with van der Waals surface area (Å²) >= 11 is 0. The predicted octanol–water partition coefficient (Wildman–Crippen LogP) is 1.52. The number of pyridine rings is 1. The van der Waals surface area contributed by atoms with Crippen molar-refractivity contribution in [3.05, 3.63) is 18.0 Å². The monoisotopic (exact) mass is 284 g/mol. The maximum Gasteiger partial charge on any atom is 0.339 e. The zero-order valence-electron chi connectivity index (χ0n) is 11.8. The molecule has 0 radical (unpaired) electrons. The van der Waals surface area contributed by atoms with Gasteiger partial charge in [0.1, 0.15) is 5.56 Å². The third kappa shape index (κ3) is 2.42. The van der Waals surface area contributed by atoms with Gasteiger partial charge >= 0.3 is 5.97 Å². The van der Waals surface area contributed by atoms with Gasteiger partial charge in [0, 0.05) is 19.8 Å². The molecule has 0 aliphatic heterocycles. The van der Waals surface area contributed by atoms with Gasteiger partial charge in [-0.2, -0.15) is 5.10 Å². The Bertz CT molecular complexity index is 740. The van der Waals surface area contributed by atoms with E-state index in [2.05, 4.69) is 16.0 Å². The standard InChI is InChI=1S/C15H16N4O2/c1-3-6-19(9-10-4-5-10)13-11-8-17-18(2)14(11)16-7-12(13)15(20)21/h1,7-8,10H,4-6,9H2,2H3,(H,20,21). The number of nitrogens with zero attached hydrogens (tertiary/aromatic N) is 4. The van der Waals surface area contributed by atoms with Gasteiger partial charge in [0.15, 0.2) is 5.65 Å². The first-order valence-electron chi connectivity index (χ1n) is 6.84. The minimum atomic E-state index is -0.999. The van der Waals surface area contributed by atoms with Crippen molar-refractivity contribution in [3.63, 3.8) is 0 Å². The lowest BCUT2D eigenvalue weighted by Crippen LogP contribution is -2.28. The van der Waals surface area contributed by atoms with E-state index in [1.165, 1.54) is 19.0 Å². The number of aromatic carboxylic acids is 1. The number of carboxylic acids is 1. The van der Waals surface area contributed by atoms with Crippen LogP contribution < -0.4 is 4.90 Å². The van der Waals surface area contributed by atoms with Gasteiger partial charge in [0.05, 0.1) is 23.8 Å². The van der Waals surface area contributed by atoms with Crippen molar-refractivity contribution in [1.82, 2.24) is 14.8 Å². The number of hydrogen-bond donors (Lipinski definition) is 1. The van der Waals surface area contributed by atoms with E-state index in [4.69, 9.17) is 6.42 Å². The topological polar surface area (TPSA) is 71.2 Å². The summed E-state index contributed by atoms with van der Waals surface area (Å²) in [6.45, 7) is 1.16. The molecule has 2 heterocycles. The highest BCUT2D eigenvalue weighted by Crippen LogP contribution is 2.35. The number of aryl methyl sites for hydroxylation is 1. The zero-order chi connectivity index (χ0) is 15.0. The van der Waals surface area contributed by atoms with Crippen molar-refractivity contribution < 1.29 is 9.90 Å². The molecule has 1 aliphatic rings. The highest BCUT2D eigenvalue weighted by molar-refractivity contribution is 6.03. The van der Waals surface area contributed by atoms with Crippen molar-refractivity contribution in [3.8, 4) is 12.3 Å². The summed E-state index contributed by atoms with van der Waals surface area (Å²) in [5.74, 6) is 2.22. The molecule has 0 amide bonds. The Kier molecular flexibility index (Phi) is 3.26. The number of carbonyl (C=O) groups is 1. The first-order valence-corrected chi connectivity index (χ1v) is 6.84. The number of terminal acetylenes is 1. The van der Waals surface area contributed by atoms with Gasteiger partial charge in [-0.1, -0.05) is 5.92 Å². The Morgan fingerprint density at radius 1 is 1.57 bits per heavy atom. The molecule has 0 atom stereocenters. The van der Waals surface area contributed by atoms with Crippen LogP contribution in [0.1, 0.15) is 23.2 Å². The Morgan fingerprint density at radius 2 is 2.33 bits per heavy atom. The largest absolute Gasteiger partial charge is 0.478 e. The number of hydrogen-bond acceptors (Lipinski definition) is 4. The van der Waals surface area contributed by atoms with Crippen LogP contribution in [0, 0.1) is 18.3 Å². The number of fused-ring (bicyclic) bond motifs is 1. The summed E-state index contributed by atoms with van der Waals surface area (Å²) in [6.07, 6.45) is 10.8. The molecule has 0 saturated heterocycles. The van der Waals surface area contributed by atoms with E-state index in [9.17, 15) is 9.90 Å².